The maximum Gasteiger partial charge on any atom is 0.321 e. The van der Waals surface area contributed by atoms with Gasteiger partial charge in [0.1, 0.15) is 0 Å². The molecule has 1 saturated heterocycles. The number of amides is 3. The maximum absolute atomic E-state index is 12.7. The van der Waals surface area contributed by atoms with Crippen molar-refractivity contribution in [2.75, 3.05) is 36.4 Å². The lowest BCUT2D eigenvalue weighted by Crippen LogP contribution is -2.40. The lowest BCUT2D eigenvalue weighted by atomic mass is 10.1. The summed E-state index contributed by atoms with van der Waals surface area (Å²) in [7, 11) is 0. The van der Waals surface area contributed by atoms with E-state index in [1.165, 1.54) is 0 Å². The molecule has 0 spiro atoms. The molecule has 6 heteroatoms. The highest BCUT2D eigenvalue weighted by molar-refractivity contribution is 5.98. The molecule has 0 aromatic heterocycles. The molecule has 0 unspecified atom stereocenters. The number of nitrogens with zero attached hydrogens (tertiary/aromatic N) is 2. The fourth-order valence-corrected chi connectivity index (χ4v) is 3.82. The fourth-order valence-electron chi connectivity index (χ4n) is 3.82. The lowest BCUT2D eigenvalue weighted by molar-refractivity contribution is -0.120. The van der Waals surface area contributed by atoms with Crippen LogP contribution in [0.15, 0.2) is 18.2 Å². The third-order valence-electron chi connectivity index (χ3n) is 5.00. The summed E-state index contributed by atoms with van der Waals surface area (Å²) in [5.41, 5.74) is 2.82. The number of anilines is 2. The molecule has 3 amide bonds. The van der Waals surface area contributed by atoms with Gasteiger partial charge in [0.2, 0.25) is 5.91 Å². The first-order valence-corrected chi connectivity index (χ1v) is 9.37. The molecule has 0 bridgehead atoms. The molecule has 2 aliphatic rings. The third kappa shape index (κ3) is 3.79. The van der Waals surface area contributed by atoms with Crippen LogP contribution in [0.4, 0.5) is 16.2 Å². The zero-order valence-corrected chi connectivity index (χ0v) is 15.2. The molecular weight excluding hydrogens is 316 g/mol. The Morgan fingerprint density at radius 2 is 2.08 bits per heavy atom. The van der Waals surface area contributed by atoms with Gasteiger partial charge in [-0.3, -0.25) is 14.6 Å². The van der Waals surface area contributed by atoms with Gasteiger partial charge < -0.3 is 10.6 Å². The number of rotatable bonds is 5. The second kappa shape index (κ2) is 7.87. The summed E-state index contributed by atoms with van der Waals surface area (Å²) in [4.78, 5) is 28.9. The van der Waals surface area contributed by atoms with Gasteiger partial charge in [-0.05, 0) is 63.4 Å². The van der Waals surface area contributed by atoms with Gasteiger partial charge in [0, 0.05) is 18.8 Å². The van der Waals surface area contributed by atoms with Crippen molar-refractivity contribution in [3.63, 3.8) is 0 Å². The zero-order valence-electron chi connectivity index (χ0n) is 15.2. The van der Waals surface area contributed by atoms with Crippen molar-refractivity contribution in [1.29, 1.82) is 0 Å². The van der Waals surface area contributed by atoms with E-state index < -0.39 is 0 Å². The van der Waals surface area contributed by atoms with Crippen LogP contribution in [0, 0.1) is 0 Å². The highest BCUT2D eigenvalue weighted by Gasteiger charge is 2.30. The Morgan fingerprint density at radius 1 is 1.24 bits per heavy atom. The summed E-state index contributed by atoms with van der Waals surface area (Å²) < 4.78 is 0. The fraction of sp³-hybridized carbons (Fsp3) is 0.579. The van der Waals surface area contributed by atoms with Gasteiger partial charge in [0.15, 0.2) is 0 Å². The molecule has 3 rings (SSSR count). The summed E-state index contributed by atoms with van der Waals surface area (Å²) in [6.07, 6.45) is 3.91. The normalized spacial score (nSPS) is 19.8. The smallest absolute Gasteiger partial charge is 0.321 e. The number of carbonyl (C=O) groups excluding carboxylic acids is 2. The van der Waals surface area contributed by atoms with E-state index in [1.807, 2.05) is 25.1 Å². The molecule has 1 fully saturated rings. The summed E-state index contributed by atoms with van der Waals surface area (Å²) in [5, 5.41) is 5.90. The Hall–Kier alpha value is -2.08. The van der Waals surface area contributed by atoms with E-state index in [0.29, 0.717) is 13.1 Å². The van der Waals surface area contributed by atoms with Crippen LogP contribution < -0.4 is 15.5 Å². The SMILES string of the molecule is CCCN1CCC[C@H]1C(=O)Nc1ccc2c(c1)N(C(=O)NCC)CC2. The number of benzene rings is 1. The second-order valence-electron chi connectivity index (χ2n) is 6.76. The minimum atomic E-state index is -0.0744. The average Bonchev–Trinajstić information content (AvgIpc) is 3.22. The van der Waals surface area contributed by atoms with Gasteiger partial charge in [-0.15, -0.1) is 0 Å². The highest BCUT2D eigenvalue weighted by atomic mass is 16.2. The standard InChI is InChI=1S/C19H28N4O2/c1-3-10-22-11-5-6-16(22)18(24)21-15-8-7-14-9-12-23(17(14)13-15)19(25)20-4-2/h7-8,13,16H,3-6,9-12H2,1-2H3,(H,20,25)(H,21,24)/t16-/m0/s1. The van der Waals surface area contributed by atoms with Crippen molar-refractivity contribution in [3.8, 4) is 0 Å². The Morgan fingerprint density at radius 3 is 2.84 bits per heavy atom. The van der Waals surface area contributed by atoms with Gasteiger partial charge in [0.25, 0.3) is 0 Å². The van der Waals surface area contributed by atoms with E-state index >= 15 is 0 Å². The van der Waals surface area contributed by atoms with Crippen molar-refractivity contribution in [2.45, 2.75) is 45.6 Å². The predicted molar refractivity (Wildman–Crippen MR) is 100 cm³/mol. The van der Waals surface area contributed by atoms with Crippen molar-refractivity contribution in [1.82, 2.24) is 10.2 Å². The van der Waals surface area contributed by atoms with Crippen LogP contribution in [-0.4, -0.2) is 49.1 Å². The molecule has 2 aliphatic heterocycles. The summed E-state index contributed by atoms with van der Waals surface area (Å²) in [6, 6.07) is 5.77. The first kappa shape index (κ1) is 17.7. The monoisotopic (exact) mass is 344 g/mol. The first-order chi connectivity index (χ1) is 12.1. The molecular formula is C19H28N4O2. The molecule has 1 aromatic carbocycles. The van der Waals surface area contributed by atoms with Crippen LogP contribution in [0.2, 0.25) is 0 Å². The van der Waals surface area contributed by atoms with Crippen LogP contribution in [0.3, 0.4) is 0 Å². The van der Waals surface area contributed by atoms with Crippen molar-refractivity contribution >= 4 is 23.3 Å². The van der Waals surface area contributed by atoms with Crippen LogP contribution in [0.25, 0.3) is 0 Å². The number of hydrogen-bond donors (Lipinski definition) is 2. The van der Waals surface area contributed by atoms with E-state index in [-0.39, 0.29) is 18.0 Å². The van der Waals surface area contributed by atoms with E-state index in [0.717, 1.165) is 55.7 Å². The number of likely N-dealkylation sites (tertiary alicyclic amines) is 1. The van der Waals surface area contributed by atoms with Crippen LogP contribution in [0.1, 0.15) is 38.7 Å². The van der Waals surface area contributed by atoms with Crippen LogP contribution >= 0.6 is 0 Å². The maximum atomic E-state index is 12.7. The van der Waals surface area contributed by atoms with Crippen molar-refractivity contribution < 1.29 is 9.59 Å². The number of urea groups is 1. The molecule has 0 saturated carbocycles. The van der Waals surface area contributed by atoms with E-state index in [2.05, 4.69) is 22.5 Å². The number of nitrogens with one attached hydrogen (secondary N) is 2. The first-order valence-electron chi connectivity index (χ1n) is 9.37. The minimum absolute atomic E-state index is 0.0345. The topological polar surface area (TPSA) is 64.7 Å². The van der Waals surface area contributed by atoms with Gasteiger partial charge in [-0.25, -0.2) is 4.79 Å². The largest absolute Gasteiger partial charge is 0.338 e. The van der Waals surface area contributed by atoms with E-state index in [4.69, 9.17) is 0 Å². The Bertz CT molecular complexity index is 646. The Kier molecular flexibility index (Phi) is 5.58. The van der Waals surface area contributed by atoms with Crippen LogP contribution in [0.5, 0.6) is 0 Å². The van der Waals surface area contributed by atoms with Crippen molar-refractivity contribution in [3.05, 3.63) is 23.8 Å². The summed E-state index contributed by atoms with van der Waals surface area (Å²) >= 11 is 0. The number of carbonyl (C=O) groups is 2. The van der Waals surface area contributed by atoms with Gasteiger partial charge in [-0.1, -0.05) is 13.0 Å². The minimum Gasteiger partial charge on any atom is -0.338 e. The molecule has 6 nitrogen and oxygen atoms in total. The second-order valence-corrected chi connectivity index (χ2v) is 6.76. The third-order valence-corrected chi connectivity index (χ3v) is 5.00. The molecule has 0 radical (unpaired) electrons. The predicted octanol–water partition coefficient (Wildman–Crippen LogP) is 2.59. The molecule has 2 heterocycles. The number of fused-ring (bicyclic) bond motifs is 1. The molecule has 0 aliphatic carbocycles. The van der Waals surface area contributed by atoms with Gasteiger partial charge in [0.05, 0.1) is 11.7 Å². The number of hydrogen-bond acceptors (Lipinski definition) is 3. The van der Waals surface area contributed by atoms with Crippen molar-refractivity contribution in [2.24, 2.45) is 0 Å². The quantitative estimate of drug-likeness (QED) is 0.863. The molecule has 136 valence electrons. The molecule has 25 heavy (non-hydrogen) atoms. The average molecular weight is 344 g/mol. The van der Waals surface area contributed by atoms with E-state index in [1.54, 1.807) is 4.90 Å². The Balaban J connectivity index is 1.71. The lowest BCUT2D eigenvalue weighted by Gasteiger charge is -2.23. The zero-order chi connectivity index (χ0) is 17.8. The van der Waals surface area contributed by atoms with Gasteiger partial charge >= 0.3 is 6.03 Å². The van der Waals surface area contributed by atoms with Gasteiger partial charge in [-0.2, -0.15) is 0 Å². The summed E-state index contributed by atoms with van der Waals surface area (Å²) in [6.45, 7) is 7.31. The molecule has 1 aromatic rings. The highest BCUT2D eigenvalue weighted by Crippen LogP contribution is 2.31. The van der Waals surface area contributed by atoms with E-state index in [9.17, 15) is 9.59 Å². The molecule has 1 atom stereocenters. The molecule has 2 N–H and O–H groups in total. The Labute approximate surface area is 149 Å². The van der Waals surface area contributed by atoms with Crippen LogP contribution in [-0.2, 0) is 11.2 Å². The summed E-state index contributed by atoms with van der Waals surface area (Å²) in [5.74, 6) is 0.0634.